The monoisotopic (exact) mass is 453 g/mol. The average molecular weight is 454 g/mol. The van der Waals surface area contributed by atoms with Gasteiger partial charge < -0.3 is 15.2 Å². The van der Waals surface area contributed by atoms with E-state index in [1.54, 1.807) is 42.9 Å². The highest BCUT2D eigenvalue weighted by Crippen LogP contribution is 2.37. The smallest absolute Gasteiger partial charge is 0.233 e. The Labute approximate surface area is 187 Å². The summed E-state index contributed by atoms with van der Waals surface area (Å²) in [6, 6.07) is 7.00. The van der Waals surface area contributed by atoms with Gasteiger partial charge in [0.05, 0.1) is 33.7 Å². The Hall–Kier alpha value is -1.60. The first-order chi connectivity index (χ1) is 14.0. The highest BCUT2D eigenvalue weighted by Gasteiger charge is 2.35. The lowest BCUT2D eigenvalue weighted by atomic mass is 9.82. The van der Waals surface area contributed by atoms with Gasteiger partial charge in [0.25, 0.3) is 0 Å². The molecule has 2 heterocycles. The van der Waals surface area contributed by atoms with Crippen LogP contribution in [0.15, 0.2) is 30.5 Å². The van der Waals surface area contributed by atoms with Crippen molar-refractivity contribution in [3.8, 4) is 0 Å². The molecule has 0 spiro atoms. The normalized spacial score (nSPS) is 20.7. The number of halogens is 2. The lowest BCUT2D eigenvalue weighted by Gasteiger charge is -2.36. The van der Waals surface area contributed by atoms with Crippen LogP contribution in [-0.4, -0.2) is 38.6 Å². The Bertz CT molecular complexity index is 886. The predicted molar refractivity (Wildman–Crippen MR) is 119 cm³/mol. The van der Waals surface area contributed by atoms with Gasteiger partial charge in [-0.25, -0.2) is 0 Å². The average Bonchev–Trinajstić information content (AvgIpc) is 3.07. The van der Waals surface area contributed by atoms with Gasteiger partial charge in [0.15, 0.2) is 5.82 Å². The van der Waals surface area contributed by atoms with Crippen LogP contribution in [0, 0.1) is 0 Å². The van der Waals surface area contributed by atoms with Gasteiger partial charge in [0.2, 0.25) is 5.91 Å². The van der Waals surface area contributed by atoms with Crippen LogP contribution in [-0.2, 0) is 16.1 Å². The zero-order valence-electron chi connectivity index (χ0n) is 17.6. The molecule has 1 aromatic heterocycles. The first-order valence-electron chi connectivity index (χ1n) is 10.2. The molecule has 164 valence electrons. The van der Waals surface area contributed by atoms with E-state index in [2.05, 4.69) is 17.3 Å². The molecule has 0 bridgehead atoms. The molecule has 3 rings (SSSR count). The van der Waals surface area contributed by atoms with E-state index in [4.69, 9.17) is 27.9 Å². The van der Waals surface area contributed by atoms with Gasteiger partial charge in [-0.15, -0.1) is 0 Å². The minimum atomic E-state index is -0.900. The zero-order chi connectivity index (χ0) is 21.9. The molecular formula is C22H29Cl2N3O3. The summed E-state index contributed by atoms with van der Waals surface area (Å²) in [7, 11) is 0. The van der Waals surface area contributed by atoms with Crippen LogP contribution >= 0.6 is 23.2 Å². The summed E-state index contributed by atoms with van der Waals surface area (Å²) in [4.78, 5) is 13.3. The van der Waals surface area contributed by atoms with Gasteiger partial charge in [-0.1, -0.05) is 29.3 Å². The first-order valence-corrected chi connectivity index (χ1v) is 11.0. The van der Waals surface area contributed by atoms with Crippen molar-refractivity contribution in [3.05, 3.63) is 46.1 Å². The second-order valence-electron chi connectivity index (χ2n) is 8.89. The number of rotatable bonds is 7. The van der Waals surface area contributed by atoms with Crippen LogP contribution in [0.4, 0.5) is 5.82 Å². The van der Waals surface area contributed by atoms with Crippen LogP contribution in [0.3, 0.4) is 0 Å². The Morgan fingerprint density at radius 3 is 2.73 bits per heavy atom. The van der Waals surface area contributed by atoms with E-state index in [0.29, 0.717) is 35.4 Å². The van der Waals surface area contributed by atoms with Crippen LogP contribution in [0.25, 0.3) is 0 Å². The SMILES string of the molecule is CC(C)(O)Cn1ccc(NC(=O)C(CC2(C)CCCCO2)c2ccc(Cl)c(Cl)c2)n1. The van der Waals surface area contributed by atoms with Crippen LogP contribution in [0.2, 0.25) is 10.0 Å². The summed E-state index contributed by atoms with van der Waals surface area (Å²) in [5, 5.41) is 18.1. The number of hydrogen-bond donors (Lipinski definition) is 2. The lowest BCUT2D eigenvalue weighted by molar-refractivity contribution is -0.122. The van der Waals surface area contributed by atoms with Crippen molar-refractivity contribution in [3.63, 3.8) is 0 Å². The number of hydrogen-bond acceptors (Lipinski definition) is 4. The molecule has 0 aliphatic carbocycles. The zero-order valence-corrected chi connectivity index (χ0v) is 19.1. The molecule has 2 unspecified atom stereocenters. The van der Waals surface area contributed by atoms with Crippen LogP contribution < -0.4 is 5.32 Å². The fraction of sp³-hybridized carbons (Fsp3) is 0.545. The maximum atomic E-state index is 13.3. The third kappa shape index (κ3) is 6.20. The third-order valence-corrected chi connectivity index (χ3v) is 6.03. The van der Waals surface area contributed by atoms with Gasteiger partial charge in [-0.3, -0.25) is 9.48 Å². The molecule has 1 fully saturated rings. The fourth-order valence-corrected chi connectivity index (χ4v) is 4.11. The molecule has 1 saturated heterocycles. The van der Waals surface area contributed by atoms with Gasteiger partial charge >= 0.3 is 0 Å². The van der Waals surface area contributed by atoms with Crippen molar-refractivity contribution in [1.82, 2.24) is 9.78 Å². The second kappa shape index (κ2) is 9.27. The summed E-state index contributed by atoms with van der Waals surface area (Å²) in [6.07, 6.45) is 5.28. The summed E-state index contributed by atoms with van der Waals surface area (Å²) >= 11 is 12.3. The largest absolute Gasteiger partial charge is 0.389 e. The number of carbonyl (C=O) groups excluding carboxylic acids is 1. The quantitative estimate of drug-likeness (QED) is 0.615. The fourth-order valence-electron chi connectivity index (χ4n) is 3.80. The summed E-state index contributed by atoms with van der Waals surface area (Å²) < 4.78 is 7.65. The Morgan fingerprint density at radius 1 is 1.33 bits per heavy atom. The number of benzene rings is 1. The van der Waals surface area contributed by atoms with Gasteiger partial charge in [-0.2, -0.15) is 5.10 Å². The molecule has 1 amide bonds. The third-order valence-electron chi connectivity index (χ3n) is 5.29. The van der Waals surface area contributed by atoms with Crippen LogP contribution in [0.1, 0.15) is 57.9 Å². The maximum absolute atomic E-state index is 13.3. The molecule has 1 aliphatic heterocycles. The number of carbonyl (C=O) groups is 1. The first kappa shape index (κ1) is 23.1. The van der Waals surface area contributed by atoms with Gasteiger partial charge in [0, 0.05) is 18.9 Å². The Kier molecular flexibility index (Phi) is 7.13. The van der Waals surface area contributed by atoms with Crippen molar-refractivity contribution in [2.45, 2.75) is 70.1 Å². The van der Waals surface area contributed by atoms with Gasteiger partial charge in [0.1, 0.15) is 0 Å². The number of amides is 1. The van der Waals surface area contributed by atoms with Crippen LogP contribution in [0.5, 0.6) is 0 Å². The minimum absolute atomic E-state index is 0.183. The molecule has 1 aromatic carbocycles. The van der Waals surface area contributed by atoms with Crippen molar-refractivity contribution in [2.75, 3.05) is 11.9 Å². The maximum Gasteiger partial charge on any atom is 0.233 e. The molecule has 8 heteroatoms. The number of nitrogens with zero attached hydrogens (tertiary/aromatic N) is 2. The molecule has 0 saturated carbocycles. The Morgan fingerprint density at radius 2 is 2.10 bits per heavy atom. The number of ether oxygens (including phenoxy) is 1. The van der Waals surface area contributed by atoms with Crippen molar-refractivity contribution in [1.29, 1.82) is 0 Å². The molecule has 2 aromatic rings. The summed E-state index contributed by atoms with van der Waals surface area (Å²) in [6.45, 7) is 6.50. The topological polar surface area (TPSA) is 76.4 Å². The molecule has 2 N–H and O–H groups in total. The molecule has 1 aliphatic rings. The number of nitrogens with one attached hydrogen (secondary N) is 1. The number of anilines is 1. The second-order valence-corrected chi connectivity index (χ2v) is 9.70. The van der Waals surface area contributed by atoms with E-state index in [-0.39, 0.29) is 11.5 Å². The standard InChI is InChI=1S/C22H29Cl2N3O3/c1-21(2,29)14-27-10-8-19(26-27)25-20(28)16(13-22(3)9-4-5-11-30-22)15-6-7-17(23)18(24)12-15/h6-8,10,12,16,29H,4-5,9,11,13-14H2,1-3H3,(H,25,26,28). The van der Waals surface area contributed by atoms with E-state index in [9.17, 15) is 9.90 Å². The molecule has 2 atom stereocenters. The highest BCUT2D eigenvalue weighted by atomic mass is 35.5. The lowest BCUT2D eigenvalue weighted by Crippen LogP contribution is -2.37. The summed E-state index contributed by atoms with van der Waals surface area (Å²) in [5.74, 6) is -0.219. The number of aliphatic hydroxyl groups is 1. The van der Waals surface area contributed by atoms with Crippen molar-refractivity contribution < 1.29 is 14.6 Å². The summed E-state index contributed by atoms with van der Waals surface area (Å²) in [5.41, 5.74) is -0.497. The van der Waals surface area contributed by atoms with E-state index in [1.165, 1.54) is 0 Å². The predicted octanol–water partition coefficient (Wildman–Crippen LogP) is 5.03. The molecule has 30 heavy (non-hydrogen) atoms. The van der Waals surface area contributed by atoms with Crippen molar-refractivity contribution >= 4 is 34.9 Å². The van der Waals surface area contributed by atoms with E-state index < -0.39 is 11.5 Å². The highest BCUT2D eigenvalue weighted by molar-refractivity contribution is 6.42. The molecular weight excluding hydrogens is 425 g/mol. The van der Waals surface area contributed by atoms with E-state index in [0.717, 1.165) is 24.8 Å². The molecule has 6 nitrogen and oxygen atoms in total. The number of aromatic nitrogens is 2. The van der Waals surface area contributed by atoms with E-state index >= 15 is 0 Å². The minimum Gasteiger partial charge on any atom is -0.389 e. The molecule has 0 radical (unpaired) electrons. The van der Waals surface area contributed by atoms with Crippen molar-refractivity contribution in [2.24, 2.45) is 0 Å². The van der Waals surface area contributed by atoms with Gasteiger partial charge in [-0.05, 0) is 64.2 Å². The Balaban J connectivity index is 1.81. The van der Waals surface area contributed by atoms with E-state index in [1.807, 2.05) is 6.07 Å².